The van der Waals surface area contributed by atoms with Crippen molar-refractivity contribution in [1.29, 1.82) is 0 Å². The summed E-state index contributed by atoms with van der Waals surface area (Å²) < 4.78 is 100. The smallest absolute Gasteiger partial charge is 0.434 e. The van der Waals surface area contributed by atoms with Crippen LogP contribution in [0.3, 0.4) is 0 Å². The Balaban J connectivity index is 1.37. The number of rotatable bonds is 7. The lowest BCUT2D eigenvalue weighted by Gasteiger charge is -2.32. The van der Waals surface area contributed by atoms with Gasteiger partial charge in [0.2, 0.25) is 0 Å². The fourth-order valence-corrected chi connectivity index (χ4v) is 4.67. The van der Waals surface area contributed by atoms with Crippen LogP contribution < -0.4 is 15.4 Å². The Labute approximate surface area is 221 Å². The molecule has 39 heavy (non-hydrogen) atoms. The van der Waals surface area contributed by atoms with E-state index in [4.69, 9.17) is 4.74 Å². The molecule has 1 saturated heterocycles. The molecule has 3 aromatic rings. The van der Waals surface area contributed by atoms with E-state index >= 15 is 0 Å². The number of anilines is 3. The highest BCUT2D eigenvalue weighted by molar-refractivity contribution is 7.10. The van der Waals surface area contributed by atoms with Gasteiger partial charge < -0.3 is 15.4 Å². The maximum atomic E-state index is 14.7. The lowest BCUT2D eigenvalue weighted by Crippen LogP contribution is -2.42. The summed E-state index contributed by atoms with van der Waals surface area (Å²) in [6.45, 7) is 0.883. The molecule has 1 aliphatic heterocycles. The largest absolute Gasteiger partial charge is 0.487 e. The molecule has 16 heteroatoms. The van der Waals surface area contributed by atoms with Crippen LogP contribution in [-0.2, 0) is 6.18 Å². The number of likely N-dealkylation sites (tertiary alicyclic amines) is 1. The highest BCUT2D eigenvalue weighted by Crippen LogP contribution is 2.31. The van der Waals surface area contributed by atoms with Gasteiger partial charge in [0.25, 0.3) is 5.91 Å². The van der Waals surface area contributed by atoms with Crippen molar-refractivity contribution < 1.29 is 40.3 Å². The van der Waals surface area contributed by atoms with Gasteiger partial charge in [-0.25, -0.2) is 14.4 Å². The van der Waals surface area contributed by atoms with E-state index in [1.165, 1.54) is 17.0 Å². The molecular weight excluding hydrogens is 557 g/mol. The molecule has 0 atom stereocenters. The van der Waals surface area contributed by atoms with Crippen LogP contribution in [0.15, 0.2) is 30.6 Å². The van der Waals surface area contributed by atoms with E-state index in [-0.39, 0.29) is 40.9 Å². The minimum absolute atomic E-state index is 0.0440. The van der Waals surface area contributed by atoms with Crippen molar-refractivity contribution in [2.75, 3.05) is 30.3 Å². The molecule has 0 radical (unpaired) electrons. The zero-order chi connectivity index (χ0) is 28.4. The van der Waals surface area contributed by atoms with E-state index in [0.717, 1.165) is 23.8 Å². The van der Waals surface area contributed by atoms with E-state index in [1.54, 1.807) is 6.92 Å². The molecule has 0 bridgehead atoms. The third-order valence-electron chi connectivity index (χ3n) is 5.69. The highest BCUT2D eigenvalue weighted by Gasteiger charge is 2.34. The molecule has 3 heterocycles. The van der Waals surface area contributed by atoms with Gasteiger partial charge in [-0.05, 0) is 43.4 Å². The average Bonchev–Trinajstić information content (AvgIpc) is 3.20. The number of piperidine rings is 1. The van der Waals surface area contributed by atoms with Crippen LogP contribution in [0.1, 0.15) is 34.6 Å². The molecule has 2 N–H and O–H groups in total. The predicted octanol–water partition coefficient (Wildman–Crippen LogP) is 5.80. The summed E-state index contributed by atoms with van der Waals surface area (Å²) in [5.41, 5.74) is -0.686. The van der Waals surface area contributed by atoms with Gasteiger partial charge in [-0.15, -0.1) is 0 Å². The molecule has 1 aliphatic rings. The zero-order valence-electron chi connectivity index (χ0n) is 20.2. The third-order valence-corrected chi connectivity index (χ3v) is 6.55. The van der Waals surface area contributed by atoms with Crippen LogP contribution in [0.4, 0.5) is 47.2 Å². The molecule has 0 spiro atoms. The molecular formula is C23H21F7N6O2S. The van der Waals surface area contributed by atoms with Crippen molar-refractivity contribution in [3.05, 3.63) is 53.4 Å². The van der Waals surface area contributed by atoms with Gasteiger partial charge in [0.1, 0.15) is 16.9 Å². The van der Waals surface area contributed by atoms with Crippen molar-refractivity contribution in [3.63, 3.8) is 0 Å². The summed E-state index contributed by atoms with van der Waals surface area (Å²) in [6.07, 6.45) is -7.37. The van der Waals surface area contributed by atoms with Crippen LogP contribution >= 0.6 is 11.5 Å². The number of benzene rings is 1. The number of nitrogens with one attached hydrogen (secondary N) is 2. The van der Waals surface area contributed by atoms with E-state index < -0.39 is 42.4 Å². The Hall–Kier alpha value is -3.53. The number of carbonyl (C=O) groups is 1. The van der Waals surface area contributed by atoms with E-state index in [9.17, 15) is 35.5 Å². The number of hydrogen-bond acceptors (Lipinski definition) is 8. The first kappa shape index (κ1) is 28.5. The fraction of sp³-hybridized carbons (Fsp3) is 0.391. The van der Waals surface area contributed by atoms with Gasteiger partial charge in [0, 0.05) is 24.8 Å². The number of alkyl halides is 6. The lowest BCUT2D eigenvalue weighted by atomic mass is 10.1. The van der Waals surface area contributed by atoms with Crippen LogP contribution in [0.25, 0.3) is 0 Å². The maximum absolute atomic E-state index is 14.7. The third kappa shape index (κ3) is 7.53. The zero-order valence-corrected chi connectivity index (χ0v) is 21.0. The second-order valence-corrected chi connectivity index (χ2v) is 9.46. The van der Waals surface area contributed by atoms with Crippen molar-refractivity contribution in [1.82, 2.24) is 19.2 Å². The predicted molar refractivity (Wildman–Crippen MR) is 128 cm³/mol. The molecule has 8 nitrogen and oxygen atoms in total. The van der Waals surface area contributed by atoms with Crippen LogP contribution in [0.5, 0.6) is 5.75 Å². The number of amides is 1. The van der Waals surface area contributed by atoms with Gasteiger partial charge in [0.15, 0.2) is 17.3 Å². The summed E-state index contributed by atoms with van der Waals surface area (Å²) in [5.74, 6) is -1.57. The van der Waals surface area contributed by atoms with Crippen LogP contribution in [0, 0.1) is 12.7 Å². The summed E-state index contributed by atoms with van der Waals surface area (Å²) in [7, 11) is 0. The first-order valence-electron chi connectivity index (χ1n) is 11.5. The molecule has 0 saturated carbocycles. The number of aromatic nitrogens is 3. The van der Waals surface area contributed by atoms with E-state index in [1.807, 2.05) is 0 Å². The number of aryl methyl sites for hydroxylation is 1. The van der Waals surface area contributed by atoms with Crippen molar-refractivity contribution in [3.8, 4) is 5.75 Å². The molecule has 1 amide bonds. The Bertz CT molecular complexity index is 1310. The molecule has 0 unspecified atom stereocenters. The van der Waals surface area contributed by atoms with Gasteiger partial charge in [-0.3, -0.25) is 9.69 Å². The van der Waals surface area contributed by atoms with Crippen LogP contribution in [-0.4, -0.2) is 57.1 Å². The van der Waals surface area contributed by atoms with Gasteiger partial charge >= 0.3 is 12.4 Å². The van der Waals surface area contributed by atoms with Gasteiger partial charge in [-0.2, -0.15) is 30.7 Å². The minimum atomic E-state index is -4.65. The van der Waals surface area contributed by atoms with Crippen molar-refractivity contribution in [2.24, 2.45) is 0 Å². The molecule has 1 aromatic carbocycles. The standard InChI is InChI=1S/C23H21F7N6O2S/c1-12-19(21(39-35-12)34-18-10-31-17(9-32-18)23(28,29)30)20(37)33-13-2-3-16(15(24)8-13)38-14-4-6-36(7-5-14)11-22(25,26)27/h2-3,8-10,14H,4-7,11H2,1H3,(H,32,34)(H,33,37). The lowest BCUT2D eigenvalue weighted by molar-refractivity contribution is -0.149. The summed E-state index contributed by atoms with van der Waals surface area (Å²) in [6, 6.07) is 3.75. The Kier molecular flexibility index (Phi) is 8.25. The van der Waals surface area contributed by atoms with Crippen molar-refractivity contribution >= 4 is 33.9 Å². The quantitative estimate of drug-likeness (QED) is 0.343. The molecule has 2 aromatic heterocycles. The van der Waals surface area contributed by atoms with E-state index in [2.05, 4.69) is 25.0 Å². The number of halogens is 7. The first-order valence-corrected chi connectivity index (χ1v) is 12.2. The monoisotopic (exact) mass is 578 g/mol. The highest BCUT2D eigenvalue weighted by atomic mass is 32.1. The minimum Gasteiger partial charge on any atom is -0.487 e. The fourth-order valence-electron chi connectivity index (χ4n) is 3.86. The maximum Gasteiger partial charge on any atom is 0.434 e. The van der Waals surface area contributed by atoms with Crippen molar-refractivity contribution in [2.45, 2.75) is 38.2 Å². The number of ether oxygens (including phenoxy) is 1. The average molecular weight is 579 g/mol. The normalized spacial score (nSPS) is 15.3. The summed E-state index contributed by atoms with van der Waals surface area (Å²) in [4.78, 5) is 21.2. The topological polar surface area (TPSA) is 92.3 Å². The summed E-state index contributed by atoms with van der Waals surface area (Å²) in [5, 5.41) is 5.44. The SMILES string of the molecule is Cc1nsc(Nc2cnc(C(F)(F)F)cn2)c1C(=O)Nc1ccc(OC2CCN(CC(F)(F)F)CC2)c(F)c1. The Morgan fingerprint density at radius 1 is 1.13 bits per heavy atom. The number of hydrogen-bond donors (Lipinski definition) is 2. The molecule has 210 valence electrons. The summed E-state index contributed by atoms with van der Waals surface area (Å²) >= 11 is 0.876. The molecule has 0 aliphatic carbocycles. The number of carbonyl (C=O) groups excluding carboxylic acids is 1. The van der Waals surface area contributed by atoms with Gasteiger partial charge in [-0.1, -0.05) is 0 Å². The number of nitrogens with zero attached hydrogens (tertiary/aromatic N) is 4. The molecule has 4 rings (SSSR count). The second-order valence-electron chi connectivity index (χ2n) is 8.69. The first-order chi connectivity index (χ1) is 18.3. The van der Waals surface area contributed by atoms with Crippen LogP contribution in [0.2, 0.25) is 0 Å². The van der Waals surface area contributed by atoms with Gasteiger partial charge in [0.05, 0.1) is 30.2 Å². The van der Waals surface area contributed by atoms with E-state index in [0.29, 0.717) is 24.7 Å². The Morgan fingerprint density at radius 3 is 2.44 bits per heavy atom. The Morgan fingerprint density at radius 2 is 1.85 bits per heavy atom. The second kappa shape index (κ2) is 11.3. The molecule has 1 fully saturated rings.